The van der Waals surface area contributed by atoms with Gasteiger partial charge in [-0.25, -0.2) is 4.39 Å². The fourth-order valence-electron chi connectivity index (χ4n) is 1.73. The molecule has 0 radical (unpaired) electrons. The van der Waals surface area contributed by atoms with Crippen LogP contribution in [0.15, 0.2) is 39.2 Å². The molecule has 1 aromatic heterocycles. The van der Waals surface area contributed by atoms with Crippen LogP contribution in [-0.2, 0) is 6.54 Å². The second kappa shape index (κ2) is 5.57. The Bertz CT molecular complexity index is 609. The molecule has 0 aliphatic heterocycles. The van der Waals surface area contributed by atoms with Gasteiger partial charge in [-0.15, -0.1) is 0 Å². The maximum atomic E-state index is 13.4. The number of carbonyl (C=O) groups is 1. The zero-order valence-electron chi connectivity index (χ0n) is 10.6. The van der Waals surface area contributed by atoms with Crippen LogP contribution in [0, 0.1) is 12.7 Å². The molecule has 0 bridgehead atoms. The lowest BCUT2D eigenvalue weighted by Crippen LogP contribution is -2.26. The smallest absolute Gasteiger partial charge is 0.254 e. The number of furan rings is 1. The Labute approximate surface area is 119 Å². The summed E-state index contributed by atoms with van der Waals surface area (Å²) < 4.78 is 19.1. The van der Waals surface area contributed by atoms with Crippen LogP contribution in [-0.4, -0.2) is 17.9 Å². The van der Waals surface area contributed by atoms with Gasteiger partial charge in [0.05, 0.1) is 11.0 Å². The van der Waals surface area contributed by atoms with E-state index in [4.69, 9.17) is 4.42 Å². The molecule has 0 unspecified atom stereocenters. The van der Waals surface area contributed by atoms with Crippen molar-refractivity contribution < 1.29 is 13.6 Å². The van der Waals surface area contributed by atoms with Gasteiger partial charge < -0.3 is 9.32 Å². The number of hydrogen-bond donors (Lipinski definition) is 0. The molecular weight excluding hydrogens is 313 g/mol. The van der Waals surface area contributed by atoms with Gasteiger partial charge in [-0.05, 0) is 53.2 Å². The van der Waals surface area contributed by atoms with Crippen LogP contribution in [0.4, 0.5) is 4.39 Å². The number of benzene rings is 1. The minimum absolute atomic E-state index is 0.250. The number of halogens is 2. The summed E-state index contributed by atoms with van der Waals surface area (Å²) in [5.41, 5.74) is 0.312. The van der Waals surface area contributed by atoms with Gasteiger partial charge in [0, 0.05) is 12.6 Å². The van der Waals surface area contributed by atoms with Crippen LogP contribution >= 0.6 is 15.9 Å². The first-order valence-corrected chi connectivity index (χ1v) is 6.52. The Balaban J connectivity index is 2.12. The third-order valence-corrected chi connectivity index (χ3v) is 3.35. The van der Waals surface area contributed by atoms with Crippen LogP contribution in [0.25, 0.3) is 0 Å². The van der Waals surface area contributed by atoms with E-state index in [-0.39, 0.29) is 5.91 Å². The molecule has 0 aliphatic carbocycles. The van der Waals surface area contributed by atoms with Crippen LogP contribution in [0.2, 0.25) is 0 Å². The predicted molar refractivity (Wildman–Crippen MR) is 73.3 cm³/mol. The fourth-order valence-corrected chi connectivity index (χ4v) is 1.97. The number of hydrogen-bond acceptors (Lipinski definition) is 2. The van der Waals surface area contributed by atoms with Gasteiger partial charge in [0.2, 0.25) is 0 Å². The molecule has 0 fully saturated rings. The van der Waals surface area contributed by atoms with Crippen LogP contribution in [0.5, 0.6) is 0 Å². The molecule has 0 N–H and O–H groups in total. The van der Waals surface area contributed by atoms with E-state index in [0.29, 0.717) is 22.3 Å². The molecule has 0 saturated heterocycles. The lowest BCUT2D eigenvalue weighted by molar-refractivity contribution is 0.0774. The van der Waals surface area contributed by atoms with Crippen molar-refractivity contribution in [3.63, 3.8) is 0 Å². The van der Waals surface area contributed by atoms with Crippen LogP contribution in [0.1, 0.15) is 21.9 Å². The summed E-state index contributed by atoms with van der Waals surface area (Å²) in [6, 6.07) is 7.98. The van der Waals surface area contributed by atoms with Crippen molar-refractivity contribution in [3.8, 4) is 0 Å². The summed E-state index contributed by atoms with van der Waals surface area (Å²) in [5, 5.41) is 0. The summed E-state index contributed by atoms with van der Waals surface area (Å²) in [6.07, 6.45) is 0. The maximum absolute atomic E-state index is 13.4. The monoisotopic (exact) mass is 325 g/mol. The van der Waals surface area contributed by atoms with Gasteiger partial charge in [0.1, 0.15) is 17.3 Å². The van der Waals surface area contributed by atoms with Crippen molar-refractivity contribution in [2.24, 2.45) is 0 Å². The third-order valence-electron chi connectivity index (χ3n) is 2.70. The minimum atomic E-state index is -0.451. The van der Waals surface area contributed by atoms with Crippen molar-refractivity contribution in [1.29, 1.82) is 0 Å². The van der Waals surface area contributed by atoms with E-state index in [0.717, 1.165) is 5.76 Å². The molecule has 5 heteroatoms. The van der Waals surface area contributed by atoms with E-state index in [1.165, 1.54) is 17.0 Å². The zero-order valence-corrected chi connectivity index (χ0v) is 12.2. The van der Waals surface area contributed by atoms with Gasteiger partial charge in [-0.3, -0.25) is 4.79 Å². The molecule has 0 atom stereocenters. The number of amides is 1. The van der Waals surface area contributed by atoms with E-state index in [1.54, 1.807) is 13.1 Å². The second-order valence-corrected chi connectivity index (χ2v) is 5.16. The highest BCUT2D eigenvalue weighted by Gasteiger charge is 2.15. The zero-order chi connectivity index (χ0) is 14.0. The number of carbonyl (C=O) groups excluding carboxylic acids is 1. The lowest BCUT2D eigenvalue weighted by atomic mass is 10.2. The average molecular weight is 326 g/mol. The maximum Gasteiger partial charge on any atom is 0.254 e. The van der Waals surface area contributed by atoms with Crippen molar-refractivity contribution in [2.45, 2.75) is 13.5 Å². The first-order valence-electron chi connectivity index (χ1n) is 5.73. The summed E-state index contributed by atoms with van der Waals surface area (Å²) in [4.78, 5) is 13.6. The highest BCUT2D eigenvalue weighted by atomic mass is 79.9. The summed E-state index contributed by atoms with van der Waals surface area (Å²) >= 11 is 3.06. The molecule has 0 spiro atoms. The molecule has 1 aromatic carbocycles. The molecule has 2 aromatic rings. The van der Waals surface area contributed by atoms with Crippen LogP contribution < -0.4 is 0 Å². The number of nitrogens with zero attached hydrogens (tertiary/aromatic N) is 1. The topological polar surface area (TPSA) is 33.5 Å². The molecule has 1 heterocycles. The Morgan fingerprint density at radius 3 is 2.68 bits per heavy atom. The van der Waals surface area contributed by atoms with Crippen molar-refractivity contribution >= 4 is 21.8 Å². The van der Waals surface area contributed by atoms with Gasteiger partial charge in [-0.1, -0.05) is 0 Å². The van der Waals surface area contributed by atoms with Crippen molar-refractivity contribution in [3.05, 3.63) is 57.7 Å². The normalized spacial score (nSPS) is 10.5. The highest BCUT2D eigenvalue weighted by Crippen LogP contribution is 2.18. The molecule has 2 rings (SSSR count). The molecule has 3 nitrogen and oxygen atoms in total. The van der Waals surface area contributed by atoms with E-state index in [2.05, 4.69) is 15.9 Å². The van der Waals surface area contributed by atoms with Gasteiger partial charge in [0.25, 0.3) is 5.91 Å². The molecule has 0 saturated carbocycles. The van der Waals surface area contributed by atoms with Crippen molar-refractivity contribution in [2.75, 3.05) is 7.05 Å². The van der Waals surface area contributed by atoms with E-state index in [1.807, 2.05) is 19.1 Å². The van der Waals surface area contributed by atoms with Gasteiger partial charge in [0.15, 0.2) is 0 Å². The Kier molecular flexibility index (Phi) is 4.04. The van der Waals surface area contributed by atoms with Crippen LogP contribution in [0.3, 0.4) is 0 Å². The quantitative estimate of drug-likeness (QED) is 0.860. The Hall–Kier alpha value is -1.62. The number of rotatable bonds is 3. The molecule has 1 amide bonds. The largest absolute Gasteiger partial charge is 0.464 e. The lowest BCUT2D eigenvalue weighted by Gasteiger charge is -2.16. The summed E-state index contributed by atoms with van der Waals surface area (Å²) in [5.74, 6) is 0.796. The van der Waals surface area contributed by atoms with Gasteiger partial charge in [-0.2, -0.15) is 0 Å². The SMILES string of the molecule is Cc1ccc(CN(C)C(=O)c2ccc(Br)c(F)c2)o1. The van der Waals surface area contributed by atoms with E-state index >= 15 is 0 Å². The molecule has 100 valence electrons. The average Bonchev–Trinajstić information content (AvgIpc) is 2.77. The second-order valence-electron chi connectivity index (χ2n) is 4.30. The Morgan fingerprint density at radius 1 is 1.37 bits per heavy atom. The van der Waals surface area contributed by atoms with E-state index < -0.39 is 5.82 Å². The molecule has 0 aliphatic rings. The number of aryl methyl sites for hydroxylation is 1. The third kappa shape index (κ3) is 3.23. The van der Waals surface area contributed by atoms with E-state index in [9.17, 15) is 9.18 Å². The first-order chi connectivity index (χ1) is 8.97. The van der Waals surface area contributed by atoms with Gasteiger partial charge >= 0.3 is 0 Å². The molecule has 19 heavy (non-hydrogen) atoms. The first kappa shape index (κ1) is 13.8. The summed E-state index contributed by atoms with van der Waals surface area (Å²) in [6.45, 7) is 2.19. The molecular formula is C14H13BrFNO2. The fraction of sp³-hybridized carbons (Fsp3) is 0.214. The Morgan fingerprint density at radius 2 is 2.11 bits per heavy atom. The highest BCUT2D eigenvalue weighted by molar-refractivity contribution is 9.10. The standard InChI is InChI=1S/C14H13BrFNO2/c1-9-3-5-11(19-9)8-17(2)14(18)10-4-6-12(15)13(16)7-10/h3-7H,8H2,1-2H3. The minimum Gasteiger partial charge on any atom is -0.464 e. The summed E-state index contributed by atoms with van der Waals surface area (Å²) in [7, 11) is 1.65. The van der Waals surface area contributed by atoms with Crippen molar-refractivity contribution in [1.82, 2.24) is 4.90 Å². The predicted octanol–water partition coefficient (Wildman–Crippen LogP) is 3.76.